The molecule has 2 aromatic rings. The molecule has 8 heteroatoms. The third kappa shape index (κ3) is 5.68. The smallest absolute Gasteiger partial charge is 0.319 e. The zero-order chi connectivity index (χ0) is 20.6. The predicted octanol–water partition coefficient (Wildman–Crippen LogP) is 3.30. The van der Waals surface area contributed by atoms with E-state index in [0.717, 1.165) is 44.2 Å². The number of halogens is 1. The van der Waals surface area contributed by atoms with E-state index in [1.54, 1.807) is 32.4 Å². The van der Waals surface area contributed by atoms with Crippen molar-refractivity contribution < 1.29 is 14.3 Å². The number of hydrogen-bond donors (Lipinski definition) is 2. The fourth-order valence-electron chi connectivity index (χ4n) is 3.38. The number of para-hydroxylation sites is 2. The first-order valence-corrected chi connectivity index (χ1v) is 9.97. The third-order valence-electron chi connectivity index (χ3n) is 4.92. The minimum atomic E-state index is -0.279. The van der Waals surface area contributed by atoms with Crippen molar-refractivity contribution in [3.63, 3.8) is 0 Å². The standard InChI is InChI=1S/C21H27ClN4O3/c1-28-19-8-7-16(22)15-17(19)24-21(27)23-9-10-25-11-13-26(14-12-25)18-5-3-4-6-20(18)29-2/h3-8,15H,9-14H2,1-2H3,(H2,23,24,27). The molecular formula is C21H27ClN4O3. The summed E-state index contributed by atoms with van der Waals surface area (Å²) >= 11 is 5.99. The summed E-state index contributed by atoms with van der Waals surface area (Å²) in [6, 6.07) is 12.9. The quantitative estimate of drug-likeness (QED) is 0.722. The van der Waals surface area contributed by atoms with Gasteiger partial charge in [-0.15, -0.1) is 0 Å². The van der Waals surface area contributed by atoms with Crippen molar-refractivity contribution in [2.75, 3.05) is 63.7 Å². The number of benzene rings is 2. The van der Waals surface area contributed by atoms with Gasteiger partial charge in [0.2, 0.25) is 0 Å². The predicted molar refractivity (Wildman–Crippen MR) is 117 cm³/mol. The average molecular weight is 419 g/mol. The van der Waals surface area contributed by atoms with Gasteiger partial charge in [-0.3, -0.25) is 4.90 Å². The number of carbonyl (C=O) groups is 1. The van der Waals surface area contributed by atoms with Crippen molar-refractivity contribution in [1.82, 2.24) is 10.2 Å². The lowest BCUT2D eigenvalue weighted by molar-refractivity contribution is 0.240. The normalized spacial score (nSPS) is 14.4. The fraction of sp³-hybridized carbons (Fsp3) is 0.381. The van der Waals surface area contributed by atoms with E-state index in [-0.39, 0.29) is 6.03 Å². The highest BCUT2D eigenvalue weighted by molar-refractivity contribution is 6.31. The van der Waals surface area contributed by atoms with Gasteiger partial charge in [-0.05, 0) is 30.3 Å². The van der Waals surface area contributed by atoms with Gasteiger partial charge >= 0.3 is 6.03 Å². The number of nitrogens with one attached hydrogen (secondary N) is 2. The maximum Gasteiger partial charge on any atom is 0.319 e. The molecule has 1 aliphatic rings. The molecule has 2 N–H and O–H groups in total. The van der Waals surface area contributed by atoms with E-state index >= 15 is 0 Å². The molecule has 0 atom stereocenters. The molecule has 7 nitrogen and oxygen atoms in total. The van der Waals surface area contributed by atoms with Crippen molar-refractivity contribution in [3.8, 4) is 11.5 Å². The highest BCUT2D eigenvalue weighted by atomic mass is 35.5. The van der Waals surface area contributed by atoms with Crippen LogP contribution in [0.2, 0.25) is 5.02 Å². The lowest BCUT2D eigenvalue weighted by Gasteiger charge is -2.36. The van der Waals surface area contributed by atoms with Crippen molar-refractivity contribution in [2.24, 2.45) is 0 Å². The summed E-state index contributed by atoms with van der Waals surface area (Å²) in [6.45, 7) is 5.06. The third-order valence-corrected chi connectivity index (χ3v) is 5.16. The summed E-state index contributed by atoms with van der Waals surface area (Å²) < 4.78 is 10.7. The molecule has 29 heavy (non-hydrogen) atoms. The number of amides is 2. The van der Waals surface area contributed by atoms with Gasteiger partial charge in [-0.1, -0.05) is 23.7 Å². The second-order valence-electron chi connectivity index (χ2n) is 6.73. The number of nitrogens with zero attached hydrogens (tertiary/aromatic N) is 2. The van der Waals surface area contributed by atoms with E-state index in [1.165, 1.54) is 0 Å². The van der Waals surface area contributed by atoms with Crippen LogP contribution in [0, 0.1) is 0 Å². The number of carbonyl (C=O) groups excluding carboxylic acids is 1. The SMILES string of the molecule is COc1ccc(Cl)cc1NC(=O)NCCN1CCN(c2ccccc2OC)CC1. The number of urea groups is 1. The number of ether oxygens (including phenoxy) is 2. The van der Waals surface area contributed by atoms with Crippen LogP contribution in [0.15, 0.2) is 42.5 Å². The lowest BCUT2D eigenvalue weighted by atomic mass is 10.2. The Morgan fingerprint density at radius 3 is 2.48 bits per heavy atom. The Morgan fingerprint density at radius 1 is 1.03 bits per heavy atom. The molecule has 1 saturated heterocycles. The average Bonchev–Trinajstić information content (AvgIpc) is 2.74. The summed E-state index contributed by atoms with van der Waals surface area (Å²) in [5.74, 6) is 1.47. The Morgan fingerprint density at radius 2 is 1.76 bits per heavy atom. The fourth-order valence-corrected chi connectivity index (χ4v) is 3.55. The van der Waals surface area contributed by atoms with Crippen LogP contribution in [-0.4, -0.2) is 64.4 Å². The van der Waals surface area contributed by atoms with Gasteiger partial charge in [0, 0.05) is 44.3 Å². The summed E-state index contributed by atoms with van der Waals surface area (Å²) in [6.07, 6.45) is 0. The Balaban J connectivity index is 1.42. The molecule has 156 valence electrons. The van der Waals surface area contributed by atoms with Crippen LogP contribution in [0.5, 0.6) is 11.5 Å². The summed E-state index contributed by atoms with van der Waals surface area (Å²) in [7, 11) is 3.25. The second kappa shape index (κ2) is 10.2. The molecule has 1 aliphatic heterocycles. The van der Waals surface area contributed by atoms with E-state index in [0.29, 0.717) is 23.0 Å². The molecule has 0 saturated carbocycles. The lowest BCUT2D eigenvalue weighted by Crippen LogP contribution is -2.48. The molecule has 3 rings (SSSR count). The van der Waals surface area contributed by atoms with Gasteiger partial charge < -0.3 is 25.0 Å². The van der Waals surface area contributed by atoms with Gasteiger partial charge in [0.15, 0.2) is 0 Å². The molecule has 2 aromatic carbocycles. The number of piperazine rings is 1. The van der Waals surface area contributed by atoms with Gasteiger partial charge in [0.05, 0.1) is 25.6 Å². The maximum absolute atomic E-state index is 12.2. The first-order valence-electron chi connectivity index (χ1n) is 9.59. The Kier molecular flexibility index (Phi) is 7.43. The highest BCUT2D eigenvalue weighted by Gasteiger charge is 2.19. The van der Waals surface area contributed by atoms with Crippen LogP contribution in [0.3, 0.4) is 0 Å². The van der Waals surface area contributed by atoms with E-state index in [1.807, 2.05) is 18.2 Å². The molecular weight excluding hydrogens is 392 g/mol. The number of methoxy groups -OCH3 is 2. The Bertz CT molecular complexity index is 825. The van der Waals surface area contributed by atoms with Gasteiger partial charge in [0.1, 0.15) is 11.5 Å². The molecule has 0 spiro atoms. The molecule has 1 fully saturated rings. The number of anilines is 2. The van der Waals surface area contributed by atoms with Gasteiger partial charge in [-0.25, -0.2) is 4.79 Å². The number of hydrogen-bond acceptors (Lipinski definition) is 5. The minimum Gasteiger partial charge on any atom is -0.495 e. The van der Waals surface area contributed by atoms with E-state index in [2.05, 4.69) is 26.5 Å². The first kappa shape index (κ1) is 21.1. The Hall–Kier alpha value is -2.64. The van der Waals surface area contributed by atoms with Crippen LogP contribution in [0.4, 0.5) is 16.2 Å². The van der Waals surface area contributed by atoms with Crippen molar-refractivity contribution in [3.05, 3.63) is 47.5 Å². The summed E-state index contributed by atoms with van der Waals surface area (Å²) in [5, 5.41) is 6.20. The van der Waals surface area contributed by atoms with Crippen LogP contribution in [-0.2, 0) is 0 Å². The van der Waals surface area contributed by atoms with E-state index in [9.17, 15) is 4.79 Å². The topological polar surface area (TPSA) is 66.1 Å². The summed E-state index contributed by atoms with van der Waals surface area (Å²) in [4.78, 5) is 16.9. The van der Waals surface area contributed by atoms with Gasteiger partial charge in [0.25, 0.3) is 0 Å². The minimum absolute atomic E-state index is 0.279. The molecule has 1 heterocycles. The molecule has 0 aliphatic carbocycles. The first-order chi connectivity index (χ1) is 14.1. The second-order valence-corrected chi connectivity index (χ2v) is 7.16. The zero-order valence-corrected chi connectivity index (χ0v) is 17.5. The van der Waals surface area contributed by atoms with Crippen molar-refractivity contribution in [1.29, 1.82) is 0 Å². The number of rotatable bonds is 7. The largest absolute Gasteiger partial charge is 0.495 e. The Labute approximate surface area is 176 Å². The monoisotopic (exact) mass is 418 g/mol. The van der Waals surface area contributed by atoms with Crippen LogP contribution < -0.4 is 25.0 Å². The zero-order valence-electron chi connectivity index (χ0n) is 16.8. The van der Waals surface area contributed by atoms with Crippen molar-refractivity contribution in [2.45, 2.75) is 0 Å². The molecule has 0 unspecified atom stereocenters. The molecule has 0 aromatic heterocycles. The summed E-state index contributed by atoms with van der Waals surface area (Å²) in [5.41, 5.74) is 1.67. The molecule has 0 bridgehead atoms. The van der Waals surface area contributed by atoms with Gasteiger partial charge in [-0.2, -0.15) is 0 Å². The maximum atomic E-state index is 12.2. The van der Waals surface area contributed by atoms with Crippen LogP contribution in [0.25, 0.3) is 0 Å². The van der Waals surface area contributed by atoms with E-state index in [4.69, 9.17) is 21.1 Å². The van der Waals surface area contributed by atoms with Crippen LogP contribution in [0.1, 0.15) is 0 Å². The van der Waals surface area contributed by atoms with Crippen molar-refractivity contribution >= 4 is 29.0 Å². The molecule has 2 amide bonds. The van der Waals surface area contributed by atoms with Crippen LogP contribution >= 0.6 is 11.6 Å². The highest BCUT2D eigenvalue weighted by Crippen LogP contribution is 2.28. The molecule has 0 radical (unpaired) electrons. The van der Waals surface area contributed by atoms with E-state index < -0.39 is 0 Å².